The molecule has 0 aliphatic heterocycles. The number of imidazole rings is 1. The Morgan fingerprint density at radius 1 is 0.727 bits per heavy atom. The van der Waals surface area contributed by atoms with Crippen molar-refractivity contribution in [2.24, 2.45) is 0 Å². The number of unbranched alkanes of at least 4 members (excludes halogenated alkanes) is 11. The zero-order valence-corrected chi connectivity index (χ0v) is 15.2. The van der Waals surface area contributed by atoms with Crippen LogP contribution in [0.15, 0.2) is 12.4 Å². The first-order valence-corrected chi connectivity index (χ1v) is 9.94. The molecule has 1 N–H and O–H groups in total. The summed E-state index contributed by atoms with van der Waals surface area (Å²) in [6, 6.07) is 0. The van der Waals surface area contributed by atoms with E-state index < -0.39 is 0 Å². The first-order valence-electron chi connectivity index (χ1n) is 9.94. The van der Waals surface area contributed by atoms with Gasteiger partial charge in [0.25, 0.3) is 5.82 Å². The molecule has 1 rings (SSSR count). The quantitative estimate of drug-likeness (QED) is 0.305. The third-order valence-corrected chi connectivity index (χ3v) is 4.62. The summed E-state index contributed by atoms with van der Waals surface area (Å²) in [6.07, 6.45) is 23.6. The van der Waals surface area contributed by atoms with E-state index >= 15 is 0 Å². The zero-order valence-electron chi connectivity index (χ0n) is 15.2. The van der Waals surface area contributed by atoms with Crippen LogP contribution in [0, 0.1) is 0 Å². The Hall–Kier alpha value is -0.790. The van der Waals surface area contributed by atoms with E-state index in [0.717, 1.165) is 0 Å². The van der Waals surface area contributed by atoms with Crippen LogP contribution in [0.4, 0.5) is 0 Å². The molecule has 128 valence electrons. The molecular formula is C20H39N2+. The van der Waals surface area contributed by atoms with Crippen LogP contribution in [0.2, 0.25) is 0 Å². The highest BCUT2D eigenvalue weighted by atomic mass is 15.1. The van der Waals surface area contributed by atoms with Gasteiger partial charge < -0.3 is 0 Å². The topological polar surface area (TPSA) is 19.7 Å². The van der Waals surface area contributed by atoms with Crippen molar-refractivity contribution in [3.63, 3.8) is 0 Å². The second-order valence-electron chi connectivity index (χ2n) is 6.74. The van der Waals surface area contributed by atoms with Gasteiger partial charge in [-0.1, -0.05) is 78.1 Å². The molecule has 0 radical (unpaired) electrons. The summed E-state index contributed by atoms with van der Waals surface area (Å²) in [4.78, 5) is 3.43. The molecular weight excluding hydrogens is 268 g/mol. The molecule has 1 aromatic heterocycles. The van der Waals surface area contributed by atoms with E-state index in [1.54, 1.807) is 0 Å². The van der Waals surface area contributed by atoms with Crippen LogP contribution < -0.4 is 4.57 Å². The minimum absolute atomic E-state index is 1.20. The lowest BCUT2D eigenvalue weighted by Crippen LogP contribution is -2.36. The van der Waals surface area contributed by atoms with Gasteiger partial charge in [-0.3, -0.25) is 0 Å². The normalized spacial score (nSPS) is 11.2. The maximum atomic E-state index is 3.43. The van der Waals surface area contributed by atoms with Gasteiger partial charge in [-0.15, -0.1) is 0 Å². The number of hydrogen-bond donors (Lipinski definition) is 1. The standard InChI is InChI=1S/C20H38N2/c1-3-5-7-9-10-11-12-13-15-18-22-19-17-21-20(22)16-14-8-6-4-2/h17,19H,3-16,18H2,1-2H3/p+1. The molecule has 22 heavy (non-hydrogen) atoms. The van der Waals surface area contributed by atoms with E-state index in [0.29, 0.717) is 0 Å². The minimum atomic E-state index is 1.20. The van der Waals surface area contributed by atoms with Crippen LogP contribution in [-0.2, 0) is 13.0 Å². The van der Waals surface area contributed by atoms with Crippen LogP contribution >= 0.6 is 0 Å². The maximum absolute atomic E-state index is 3.43. The fourth-order valence-electron chi connectivity index (χ4n) is 3.13. The Morgan fingerprint density at radius 2 is 1.27 bits per heavy atom. The molecule has 0 atom stereocenters. The van der Waals surface area contributed by atoms with Crippen molar-refractivity contribution in [2.45, 2.75) is 110 Å². The molecule has 0 unspecified atom stereocenters. The third-order valence-electron chi connectivity index (χ3n) is 4.62. The van der Waals surface area contributed by atoms with E-state index in [9.17, 15) is 0 Å². The van der Waals surface area contributed by atoms with Crippen LogP contribution in [0.3, 0.4) is 0 Å². The Balaban J connectivity index is 2.01. The Morgan fingerprint density at radius 3 is 1.91 bits per heavy atom. The second kappa shape index (κ2) is 13.8. The number of H-pyrrole nitrogens is 1. The van der Waals surface area contributed by atoms with Crippen molar-refractivity contribution in [3.8, 4) is 0 Å². The van der Waals surface area contributed by atoms with Crippen molar-refractivity contribution in [2.75, 3.05) is 0 Å². The first-order chi connectivity index (χ1) is 10.9. The van der Waals surface area contributed by atoms with Crippen molar-refractivity contribution < 1.29 is 4.57 Å². The smallest absolute Gasteiger partial charge is 0.248 e. The van der Waals surface area contributed by atoms with Crippen molar-refractivity contribution in [1.29, 1.82) is 0 Å². The van der Waals surface area contributed by atoms with Gasteiger partial charge in [0.15, 0.2) is 0 Å². The number of rotatable bonds is 15. The average Bonchev–Trinajstić information content (AvgIpc) is 2.97. The highest BCUT2D eigenvalue weighted by Gasteiger charge is 2.09. The van der Waals surface area contributed by atoms with E-state index in [1.807, 2.05) is 0 Å². The van der Waals surface area contributed by atoms with E-state index in [4.69, 9.17) is 0 Å². The minimum Gasteiger partial charge on any atom is -0.248 e. The monoisotopic (exact) mass is 307 g/mol. The number of hydrogen-bond acceptors (Lipinski definition) is 0. The summed E-state index contributed by atoms with van der Waals surface area (Å²) in [7, 11) is 0. The SMILES string of the molecule is CCCCCCCCCCC[n+]1cc[nH]c1CCCCCC. The van der Waals surface area contributed by atoms with Crippen LogP contribution in [0.25, 0.3) is 0 Å². The van der Waals surface area contributed by atoms with Gasteiger partial charge in [0.1, 0.15) is 12.4 Å². The Bertz CT molecular complexity index is 343. The molecule has 2 heteroatoms. The Labute approximate surface area is 138 Å². The summed E-state index contributed by atoms with van der Waals surface area (Å²) >= 11 is 0. The highest BCUT2D eigenvalue weighted by Crippen LogP contribution is 2.09. The number of aryl methyl sites for hydroxylation is 2. The van der Waals surface area contributed by atoms with Gasteiger partial charge >= 0.3 is 0 Å². The Kier molecular flexibility index (Phi) is 12.1. The second-order valence-corrected chi connectivity index (χ2v) is 6.74. The van der Waals surface area contributed by atoms with Gasteiger partial charge in [-0.05, 0) is 19.3 Å². The molecule has 0 fully saturated rings. The predicted octanol–water partition coefficient (Wildman–Crippen LogP) is 5.96. The lowest BCUT2D eigenvalue weighted by molar-refractivity contribution is -0.703. The molecule has 0 aliphatic rings. The highest BCUT2D eigenvalue weighted by molar-refractivity contribution is 4.77. The summed E-state index contributed by atoms with van der Waals surface area (Å²) in [5.74, 6) is 1.43. The fraction of sp³-hybridized carbons (Fsp3) is 0.850. The van der Waals surface area contributed by atoms with Crippen molar-refractivity contribution in [1.82, 2.24) is 4.98 Å². The van der Waals surface area contributed by atoms with Gasteiger partial charge in [0, 0.05) is 6.42 Å². The van der Waals surface area contributed by atoms with Crippen molar-refractivity contribution >= 4 is 0 Å². The van der Waals surface area contributed by atoms with Gasteiger partial charge in [-0.25, -0.2) is 9.55 Å². The molecule has 0 saturated carbocycles. The van der Waals surface area contributed by atoms with Crippen LogP contribution in [-0.4, -0.2) is 4.98 Å². The van der Waals surface area contributed by atoms with Gasteiger partial charge in [-0.2, -0.15) is 0 Å². The molecule has 1 aromatic rings. The molecule has 0 spiro atoms. The number of nitrogens with zero attached hydrogens (tertiary/aromatic N) is 1. The third kappa shape index (κ3) is 9.27. The van der Waals surface area contributed by atoms with E-state index in [-0.39, 0.29) is 0 Å². The van der Waals surface area contributed by atoms with Gasteiger partial charge in [0.05, 0.1) is 6.54 Å². The largest absolute Gasteiger partial charge is 0.254 e. The molecule has 0 saturated heterocycles. The lowest BCUT2D eigenvalue weighted by Gasteiger charge is -2.03. The maximum Gasteiger partial charge on any atom is 0.254 e. The number of aromatic amines is 1. The van der Waals surface area contributed by atoms with Crippen LogP contribution in [0.1, 0.15) is 103 Å². The summed E-state index contributed by atoms with van der Waals surface area (Å²) in [6.45, 7) is 5.76. The molecule has 2 nitrogen and oxygen atoms in total. The van der Waals surface area contributed by atoms with Gasteiger partial charge in [0.2, 0.25) is 0 Å². The molecule has 0 aliphatic carbocycles. The lowest BCUT2D eigenvalue weighted by atomic mass is 10.1. The molecule has 0 bridgehead atoms. The average molecular weight is 308 g/mol. The molecule has 0 amide bonds. The summed E-state index contributed by atoms with van der Waals surface area (Å²) in [5.41, 5.74) is 0. The number of nitrogens with one attached hydrogen (secondary N) is 1. The number of aromatic nitrogens is 2. The zero-order chi connectivity index (χ0) is 15.9. The van der Waals surface area contributed by atoms with E-state index in [1.165, 1.54) is 102 Å². The fourth-order valence-corrected chi connectivity index (χ4v) is 3.13. The molecule has 0 aromatic carbocycles. The van der Waals surface area contributed by atoms with Crippen LogP contribution in [0.5, 0.6) is 0 Å². The predicted molar refractivity (Wildman–Crippen MR) is 96.1 cm³/mol. The van der Waals surface area contributed by atoms with E-state index in [2.05, 4.69) is 35.8 Å². The molecule has 1 heterocycles. The van der Waals surface area contributed by atoms with Crippen molar-refractivity contribution in [3.05, 3.63) is 18.2 Å². The summed E-state index contributed by atoms with van der Waals surface area (Å²) in [5, 5.41) is 0. The first kappa shape index (κ1) is 19.3. The summed E-state index contributed by atoms with van der Waals surface area (Å²) < 4.78 is 2.44.